The molecule has 0 aromatic carbocycles. The molecule has 0 aromatic heterocycles. The highest BCUT2D eigenvalue weighted by Gasteiger charge is 2.16. The number of nitrogens with one attached hydrogen (secondary N) is 1. The van der Waals surface area contributed by atoms with Gasteiger partial charge in [-0.25, -0.2) is 0 Å². The zero-order chi connectivity index (χ0) is 9.52. The minimum atomic E-state index is 0. The van der Waals surface area contributed by atoms with Crippen molar-refractivity contribution < 1.29 is 4.79 Å². The van der Waals surface area contributed by atoms with E-state index in [1.165, 1.54) is 32.1 Å². The van der Waals surface area contributed by atoms with Crippen molar-refractivity contribution >= 4 is 18.3 Å². The Morgan fingerprint density at radius 2 is 1.93 bits per heavy atom. The first-order chi connectivity index (χ1) is 6.33. The maximum absolute atomic E-state index is 11.3. The van der Waals surface area contributed by atoms with Gasteiger partial charge in [-0.15, -0.1) is 12.4 Å². The van der Waals surface area contributed by atoms with Gasteiger partial charge in [-0.2, -0.15) is 0 Å². The number of halogens is 1. The van der Waals surface area contributed by atoms with Crippen molar-refractivity contribution in [1.82, 2.24) is 5.32 Å². The number of carbonyl (C=O) groups is 1. The molecule has 1 aliphatic rings. The van der Waals surface area contributed by atoms with Gasteiger partial charge in [0.2, 0.25) is 5.91 Å². The summed E-state index contributed by atoms with van der Waals surface area (Å²) in [5, 5.41) is 2.82. The van der Waals surface area contributed by atoms with E-state index < -0.39 is 0 Å². The Bertz CT molecular complexity index is 158. The van der Waals surface area contributed by atoms with Crippen LogP contribution in [0.2, 0.25) is 0 Å². The van der Waals surface area contributed by atoms with Gasteiger partial charge in [-0.3, -0.25) is 4.79 Å². The summed E-state index contributed by atoms with van der Waals surface area (Å²) >= 11 is 0. The Hall–Kier alpha value is -0.280. The molecule has 1 amide bonds. The molecular formula is C10H21ClN2O. The molecule has 1 fully saturated rings. The van der Waals surface area contributed by atoms with Crippen LogP contribution < -0.4 is 11.1 Å². The molecule has 0 saturated heterocycles. The van der Waals surface area contributed by atoms with Gasteiger partial charge < -0.3 is 11.1 Å². The van der Waals surface area contributed by atoms with Crippen LogP contribution in [0.1, 0.15) is 38.5 Å². The van der Waals surface area contributed by atoms with Crippen molar-refractivity contribution in [2.45, 2.75) is 38.5 Å². The molecule has 1 aliphatic carbocycles. The first-order valence-corrected chi connectivity index (χ1v) is 5.29. The van der Waals surface area contributed by atoms with Crippen molar-refractivity contribution in [3.63, 3.8) is 0 Å². The molecule has 0 radical (unpaired) electrons. The fourth-order valence-electron chi connectivity index (χ4n) is 1.94. The van der Waals surface area contributed by atoms with Crippen LogP contribution in [-0.4, -0.2) is 19.0 Å². The number of hydrogen-bond acceptors (Lipinski definition) is 2. The first kappa shape index (κ1) is 13.7. The van der Waals surface area contributed by atoms with Crippen molar-refractivity contribution in [3.05, 3.63) is 0 Å². The van der Waals surface area contributed by atoms with E-state index in [-0.39, 0.29) is 18.3 Å². The Morgan fingerprint density at radius 3 is 2.50 bits per heavy atom. The van der Waals surface area contributed by atoms with Crippen LogP contribution in [-0.2, 0) is 4.79 Å². The second-order valence-corrected chi connectivity index (χ2v) is 3.85. The highest BCUT2D eigenvalue weighted by atomic mass is 35.5. The van der Waals surface area contributed by atoms with Crippen LogP contribution >= 0.6 is 12.4 Å². The van der Waals surface area contributed by atoms with Crippen molar-refractivity contribution in [3.8, 4) is 0 Å². The lowest BCUT2D eigenvalue weighted by Crippen LogP contribution is -2.30. The molecular weight excluding hydrogens is 200 g/mol. The average Bonchev–Trinajstić information content (AvgIpc) is 2.16. The zero-order valence-electron chi connectivity index (χ0n) is 8.63. The van der Waals surface area contributed by atoms with Gasteiger partial charge in [0.25, 0.3) is 0 Å². The van der Waals surface area contributed by atoms with Gasteiger partial charge >= 0.3 is 0 Å². The van der Waals surface area contributed by atoms with E-state index in [9.17, 15) is 4.79 Å². The predicted molar refractivity (Wildman–Crippen MR) is 60.5 cm³/mol. The molecule has 1 rings (SSSR count). The average molecular weight is 221 g/mol. The van der Waals surface area contributed by atoms with Gasteiger partial charge in [0, 0.05) is 19.5 Å². The normalized spacial score (nSPS) is 17.2. The summed E-state index contributed by atoms with van der Waals surface area (Å²) in [5.41, 5.74) is 5.30. The second-order valence-electron chi connectivity index (χ2n) is 3.85. The molecule has 4 heteroatoms. The summed E-state index contributed by atoms with van der Waals surface area (Å²) in [6, 6.07) is 0. The smallest absolute Gasteiger partial charge is 0.220 e. The van der Waals surface area contributed by atoms with Gasteiger partial charge in [0.1, 0.15) is 0 Å². The summed E-state index contributed by atoms with van der Waals surface area (Å²) in [5.74, 6) is 0.809. The molecule has 0 heterocycles. The fraction of sp³-hybridized carbons (Fsp3) is 0.900. The largest absolute Gasteiger partial charge is 0.355 e. The van der Waals surface area contributed by atoms with Crippen LogP contribution in [0.25, 0.3) is 0 Å². The number of amides is 1. The molecule has 3 nitrogen and oxygen atoms in total. The molecule has 1 saturated carbocycles. The Labute approximate surface area is 92.2 Å². The van der Waals surface area contributed by atoms with Crippen LogP contribution in [0.5, 0.6) is 0 Å². The fourth-order valence-corrected chi connectivity index (χ4v) is 1.94. The Morgan fingerprint density at radius 1 is 1.29 bits per heavy atom. The van der Waals surface area contributed by atoms with Crippen LogP contribution in [0.3, 0.4) is 0 Å². The number of hydrogen-bond donors (Lipinski definition) is 2. The monoisotopic (exact) mass is 220 g/mol. The molecule has 0 unspecified atom stereocenters. The summed E-state index contributed by atoms with van der Waals surface area (Å²) in [6.07, 6.45) is 7.12. The topological polar surface area (TPSA) is 55.1 Å². The highest BCUT2D eigenvalue weighted by Crippen LogP contribution is 2.25. The molecule has 14 heavy (non-hydrogen) atoms. The second kappa shape index (κ2) is 8.06. The van der Waals surface area contributed by atoms with Crippen LogP contribution in [0.15, 0.2) is 0 Å². The van der Waals surface area contributed by atoms with Gasteiger partial charge in [-0.1, -0.05) is 19.3 Å². The van der Waals surface area contributed by atoms with Crippen LogP contribution in [0, 0.1) is 5.92 Å². The van der Waals surface area contributed by atoms with Crippen molar-refractivity contribution in [2.75, 3.05) is 13.1 Å². The third kappa shape index (κ3) is 5.45. The Kier molecular flexibility index (Phi) is 7.90. The van der Waals surface area contributed by atoms with Crippen molar-refractivity contribution in [2.24, 2.45) is 11.7 Å². The minimum absolute atomic E-state index is 0. The summed E-state index contributed by atoms with van der Waals surface area (Å²) in [7, 11) is 0. The zero-order valence-corrected chi connectivity index (χ0v) is 9.44. The lowest BCUT2D eigenvalue weighted by Gasteiger charge is -2.20. The minimum Gasteiger partial charge on any atom is -0.355 e. The number of carbonyl (C=O) groups excluding carboxylic acids is 1. The lowest BCUT2D eigenvalue weighted by atomic mass is 9.87. The van der Waals surface area contributed by atoms with E-state index in [1.807, 2.05) is 0 Å². The van der Waals surface area contributed by atoms with E-state index in [0.29, 0.717) is 25.4 Å². The molecule has 0 aliphatic heterocycles. The Balaban J connectivity index is 0.00000169. The van der Waals surface area contributed by atoms with Crippen molar-refractivity contribution in [1.29, 1.82) is 0 Å². The van der Waals surface area contributed by atoms with Crippen LogP contribution in [0.4, 0.5) is 0 Å². The van der Waals surface area contributed by atoms with Gasteiger partial charge in [-0.05, 0) is 18.8 Å². The molecule has 3 N–H and O–H groups in total. The first-order valence-electron chi connectivity index (χ1n) is 5.29. The van der Waals surface area contributed by atoms with Gasteiger partial charge in [0.05, 0.1) is 0 Å². The van der Waals surface area contributed by atoms with E-state index in [0.717, 1.165) is 0 Å². The molecule has 84 valence electrons. The number of rotatable bonds is 4. The summed E-state index contributed by atoms with van der Waals surface area (Å²) < 4.78 is 0. The van der Waals surface area contributed by atoms with E-state index >= 15 is 0 Å². The summed E-state index contributed by atoms with van der Waals surface area (Å²) in [4.78, 5) is 11.3. The molecule has 0 spiro atoms. The maximum Gasteiger partial charge on any atom is 0.220 e. The highest BCUT2D eigenvalue weighted by molar-refractivity contribution is 5.85. The molecule has 0 atom stereocenters. The standard InChI is InChI=1S/C10H20N2O.ClH/c11-6-7-12-10(13)8-9-4-2-1-3-5-9;/h9H,1-8,11H2,(H,12,13);1H. The van der Waals surface area contributed by atoms with E-state index in [1.54, 1.807) is 0 Å². The third-order valence-electron chi connectivity index (χ3n) is 2.67. The SMILES string of the molecule is Cl.NCCNC(=O)CC1CCCCC1. The molecule has 0 bridgehead atoms. The molecule has 0 aromatic rings. The maximum atomic E-state index is 11.3. The number of nitrogens with two attached hydrogens (primary N) is 1. The van der Waals surface area contributed by atoms with E-state index in [4.69, 9.17) is 5.73 Å². The lowest BCUT2D eigenvalue weighted by molar-refractivity contribution is -0.122. The summed E-state index contributed by atoms with van der Waals surface area (Å²) in [6.45, 7) is 1.15. The van der Waals surface area contributed by atoms with E-state index in [2.05, 4.69) is 5.32 Å². The third-order valence-corrected chi connectivity index (χ3v) is 2.67. The van der Waals surface area contributed by atoms with Gasteiger partial charge in [0.15, 0.2) is 0 Å². The predicted octanol–water partition coefficient (Wildman–Crippen LogP) is 1.45. The quantitative estimate of drug-likeness (QED) is 0.754.